The summed E-state index contributed by atoms with van der Waals surface area (Å²) in [6.45, 7) is 7.14. The number of halogens is 1. The third-order valence-electron chi connectivity index (χ3n) is 9.23. The largest absolute Gasteiger partial charge is 0.380 e. The molecule has 0 aromatic rings. The van der Waals surface area contributed by atoms with Crippen molar-refractivity contribution < 1.29 is 14.3 Å². The average Bonchev–Trinajstić information content (AvgIpc) is 3.56. The van der Waals surface area contributed by atoms with E-state index in [9.17, 15) is 9.59 Å². The third kappa shape index (κ3) is 5.94. The molecular weight excluding hydrogens is 514 g/mol. The Labute approximate surface area is 230 Å². The van der Waals surface area contributed by atoms with Gasteiger partial charge in [0, 0.05) is 63.7 Å². The van der Waals surface area contributed by atoms with Crippen LogP contribution in [0.25, 0.3) is 0 Å². The van der Waals surface area contributed by atoms with Crippen LogP contribution in [0.3, 0.4) is 0 Å². The smallest absolute Gasteiger partial charge is 0.241 e. The van der Waals surface area contributed by atoms with Crippen LogP contribution in [-0.4, -0.2) is 109 Å². The fourth-order valence-corrected chi connectivity index (χ4v) is 8.80. The number of alkyl halides is 1. The molecule has 0 bridgehead atoms. The zero-order valence-electron chi connectivity index (χ0n) is 22.4. The Bertz CT molecular complexity index is 828. The van der Waals surface area contributed by atoms with Gasteiger partial charge in [-0.15, -0.1) is 23.4 Å². The van der Waals surface area contributed by atoms with Crippen molar-refractivity contribution in [2.24, 2.45) is 17.8 Å². The minimum absolute atomic E-state index is 0.0595. The predicted octanol–water partition coefficient (Wildman–Crippen LogP) is 0.0929. The highest BCUT2D eigenvalue weighted by Crippen LogP contribution is 2.38. The Hall–Kier alpha value is -0.660. The third-order valence-corrected chi connectivity index (χ3v) is 10.9. The van der Waals surface area contributed by atoms with Gasteiger partial charge < -0.3 is 20.3 Å². The van der Waals surface area contributed by atoms with Crippen LogP contribution in [0.15, 0.2) is 0 Å². The van der Waals surface area contributed by atoms with Crippen LogP contribution in [0.5, 0.6) is 0 Å². The van der Waals surface area contributed by atoms with Crippen molar-refractivity contribution in [1.29, 1.82) is 0 Å². The monoisotopic (exact) mass is 557 g/mol. The van der Waals surface area contributed by atoms with Gasteiger partial charge in [-0.05, 0) is 44.4 Å². The number of hydrogen-bond acceptors (Lipinski definition) is 9. The van der Waals surface area contributed by atoms with Gasteiger partial charge in [-0.2, -0.15) is 0 Å². The van der Waals surface area contributed by atoms with E-state index < -0.39 is 0 Å². The molecule has 5 aliphatic rings. The molecule has 11 unspecified atom stereocenters. The molecule has 5 rings (SSSR count). The summed E-state index contributed by atoms with van der Waals surface area (Å²) in [6, 6.07) is 0.827. The molecule has 0 radical (unpaired) electrons. The van der Waals surface area contributed by atoms with Gasteiger partial charge in [0.15, 0.2) is 0 Å². The zero-order valence-corrected chi connectivity index (χ0v) is 24.0. The van der Waals surface area contributed by atoms with Gasteiger partial charge in [-0.25, -0.2) is 10.4 Å². The van der Waals surface area contributed by atoms with E-state index in [-0.39, 0.29) is 64.0 Å². The second-order valence-corrected chi connectivity index (χ2v) is 13.4. The molecule has 0 aromatic heterocycles. The maximum atomic E-state index is 13.6. The minimum atomic E-state index is -0.133. The molecule has 11 atom stereocenters. The quantitative estimate of drug-likeness (QED) is 0.229. The highest BCUT2D eigenvalue weighted by atomic mass is 35.5. The topological polar surface area (TPSA) is 110 Å². The number of rotatable bonds is 6. The van der Waals surface area contributed by atoms with Crippen molar-refractivity contribution in [3.05, 3.63) is 0 Å². The maximum absolute atomic E-state index is 13.6. The first-order valence-electron chi connectivity index (χ1n) is 13.9. The van der Waals surface area contributed by atoms with Crippen LogP contribution in [-0.2, 0) is 14.3 Å². The van der Waals surface area contributed by atoms with Crippen LogP contribution in [0.1, 0.15) is 39.5 Å². The second-order valence-electron chi connectivity index (χ2n) is 11.5. The lowest BCUT2D eigenvalue weighted by Gasteiger charge is -2.45. The van der Waals surface area contributed by atoms with Crippen molar-refractivity contribution in [3.63, 3.8) is 0 Å². The lowest BCUT2D eigenvalue weighted by molar-refractivity contribution is -0.133. The standard InChI is InChI=1S/C25H44ClN7O3S/c1-5-14-7-18(31-32(14)3)24(35)33-11-19-21(12-33)37-25(29-19)30-23(34)17-9-27-13(2)6-15(17)16-8-22(26)28-10-20(16)36-4/h13-22,25,27-29,31H,5-12H2,1-4H3,(H,30,34). The lowest BCUT2D eigenvalue weighted by atomic mass is 9.70. The Morgan fingerprint density at radius 2 is 1.95 bits per heavy atom. The summed E-state index contributed by atoms with van der Waals surface area (Å²) in [5, 5.41) is 16.1. The fourth-order valence-electron chi connectivity index (χ4n) is 7.10. The first-order valence-corrected chi connectivity index (χ1v) is 15.3. The Kier molecular flexibility index (Phi) is 8.92. The van der Waals surface area contributed by atoms with Gasteiger partial charge >= 0.3 is 0 Å². The van der Waals surface area contributed by atoms with Crippen LogP contribution >= 0.6 is 23.4 Å². The van der Waals surface area contributed by atoms with Gasteiger partial charge in [0.2, 0.25) is 11.8 Å². The van der Waals surface area contributed by atoms with Crippen LogP contribution in [0.2, 0.25) is 0 Å². The number of thioether (sulfide) groups is 1. The number of hydrazine groups is 1. The lowest BCUT2D eigenvalue weighted by Crippen LogP contribution is -2.57. The van der Waals surface area contributed by atoms with Crippen molar-refractivity contribution in [2.75, 3.05) is 40.3 Å². The number of hydrogen-bond donors (Lipinski definition) is 5. The molecule has 10 nitrogen and oxygen atoms in total. The van der Waals surface area contributed by atoms with E-state index in [2.05, 4.69) is 45.5 Å². The highest BCUT2D eigenvalue weighted by molar-refractivity contribution is 8.00. The molecule has 0 spiro atoms. The van der Waals surface area contributed by atoms with Crippen LogP contribution in [0, 0.1) is 17.8 Å². The van der Waals surface area contributed by atoms with Gasteiger partial charge in [-0.3, -0.25) is 20.2 Å². The fraction of sp³-hybridized carbons (Fsp3) is 0.920. The number of likely N-dealkylation sites (tertiary alicyclic amines) is 1. The first-order chi connectivity index (χ1) is 17.8. The molecule has 0 aliphatic carbocycles. The number of methoxy groups -OCH3 is 1. The summed E-state index contributed by atoms with van der Waals surface area (Å²) in [5.74, 6) is 0.613. The summed E-state index contributed by atoms with van der Waals surface area (Å²) in [4.78, 5) is 28.7. The number of carbonyl (C=O) groups is 2. The molecule has 5 fully saturated rings. The predicted molar refractivity (Wildman–Crippen MR) is 146 cm³/mol. The van der Waals surface area contributed by atoms with Gasteiger partial charge in [-0.1, -0.05) is 6.92 Å². The van der Waals surface area contributed by atoms with Crippen LogP contribution in [0.4, 0.5) is 0 Å². The highest BCUT2D eigenvalue weighted by Gasteiger charge is 2.48. The van der Waals surface area contributed by atoms with E-state index >= 15 is 0 Å². The van der Waals surface area contributed by atoms with Crippen LogP contribution < -0.4 is 26.7 Å². The van der Waals surface area contributed by atoms with Crippen molar-refractivity contribution in [1.82, 2.24) is 36.6 Å². The second kappa shape index (κ2) is 11.8. The number of fused-ring (bicyclic) bond motifs is 1. The number of nitrogens with zero attached hydrogens (tertiary/aromatic N) is 2. The molecular formula is C25H44ClN7O3S. The molecule has 5 saturated heterocycles. The summed E-state index contributed by atoms with van der Waals surface area (Å²) in [7, 11) is 3.77. The molecule has 5 N–H and O–H groups in total. The van der Waals surface area contributed by atoms with Crippen molar-refractivity contribution in [3.8, 4) is 0 Å². The van der Waals surface area contributed by atoms with E-state index in [0.29, 0.717) is 31.7 Å². The molecule has 5 aliphatic heterocycles. The van der Waals surface area contributed by atoms with Gasteiger partial charge in [0.25, 0.3) is 0 Å². The van der Waals surface area contributed by atoms with E-state index in [0.717, 1.165) is 32.2 Å². The Balaban J connectivity index is 1.15. The molecule has 5 heterocycles. The van der Waals surface area contributed by atoms with E-state index in [1.807, 2.05) is 11.9 Å². The Morgan fingerprint density at radius 3 is 2.65 bits per heavy atom. The van der Waals surface area contributed by atoms with Gasteiger partial charge in [0.1, 0.15) is 11.5 Å². The maximum Gasteiger partial charge on any atom is 0.241 e. The summed E-state index contributed by atoms with van der Waals surface area (Å²) < 4.78 is 5.81. The van der Waals surface area contributed by atoms with Crippen molar-refractivity contribution in [2.45, 2.75) is 86.1 Å². The normalized spacial score (nSPS) is 44.7. The summed E-state index contributed by atoms with van der Waals surface area (Å²) >= 11 is 8.22. The SMILES string of the molecule is CCC1CC(C(=O)N2CC3NC(NC(=O)C4CNC(C)CC4C4CC(Cl)NCC4OC)SC3C2)NN1C. The average molecular weight is 558 g/mol. The minimum Gasteiger partial charge on any atom is -0.380 e. The molecule has 0 saturated carbocycles. The number of ether oxygens (including phenoxy) is 1. The molecule has 210 valence electrons. The zero-order chi connectivity index (χ0) is 26.3. The Morgan fingerprint density at radius 1 is 1.14 bits per heavy atom. The van der Waals surface area contributed by atoms with E-state index in [1.54, 1.807) is 18.9 Å². The molecule has 2 amide bonds. The number of nitrogens with one attached hydrogen (secondary N) is 5. The summed E-state index contributed by atoms with van der Waals surface area (Å²) in [5.41, 5.74) is 3.12. The van der Waals surface area contributed by atoms with Crippen molar-refractivity contribution >= 4 is 35.2 Å². The first kappa shape index (κ1) is 27.9. The van der Waals surface area contributed by atoms with E-state index in [4.69, 9.17) is 16.3 Å². The van der Waals surface area contributed by atoms with Gasteiger partial charge in [0.05, 0.1) is 17.5 Å². The molecule has 37 heavy (non-hydrogen) atoms. The van der Waals surface area contributed by atoms with E-state index in [1.165, 1.54) is 0 Å². The summed E-state index contributed by atoms with van der Waals surface area (Å²) in [6.07, 6.45) is 3.69. The molecule has 12 heteroatoms. The number of piperidine rings is 2. The number of carbonyl (C=O) groups excluding carboxylic acids is 2. The number of amides is 2. The molecule has 0 aromatic carbocycles.